The zero-order chi connectivity index (χ0) is 14.1. The largest absolute Gasteiger partial charge is 0.573 e. The van der Waals surface area contributed by atoms with Crippen LogP contribution in [0.4, 0.5) is 18.9 Å². The highest BCUT2D eigenvalue weighted by molar-refractivity contribution is 5.46. The van der Waals surface area contributed by atoms with Gasteiger partial charge in [0.15, 0.2) is 0 Å². The smallest absolute Gasteiger partial charge is 0.406 e. The third-order valence-electron chi connectivity index (χ3n) is 2.50. The number of rotatable bonds is 8. The molecule has 1 aromatic rings. The van der Waals surface area contributed by atoms with Crippen molar-refractivity contribution in [2.24, 2.45) is 0 Å². The maximum absolute atomic E-state index is 11.9. The average Bonchev–Trinajstić information content (AvgIpc) is 2.34. The van der Waals surface area contributed by atoms with Gasteiger partial charge in [0.2, 0.25) is 0 Å². The van der Waals surface area contributed by atoms with Crippen LogP contribution in [0.1, 0.15) is 25.7 Å². The van der Waals surface area contributed by atoms with Crippen LogP contribution in [0.25, 0.3) is 0 Å². The first-order chi connectivity index (χ1) is 9.01. The van der Waals surface area contributed by atoms with Gasteiger partial charge in [-0.3, -0.25) is 0 Å². The van der Waals surface area contributed by atoms with Crippen molar-refractivity contribution in [2.45, 2.75) is 32.0 Å². The van der Waals surface area contributed by atoms with E-state index in [0.717, 1.165) is 37.9 Å². The van der Waals surface area contributed by atoms with Gasteiger partial charge in [0.25, 0.3) is 0 Å². The second-order valence-corrected chi connectivity index (χ2v) is 4.14. The molecule has 0 amide bonds. The Morgan fingerprint density at radius 2 is 1.63 bits per heavy atom. The number of hydrogen-bond acceptors (Lipinski definition) is 3. The molecule has 0 aliphatic rings. The molecular weight excluding hydrogens is 259 g/mol. The number of unbranched alkanes of at least 4 members (excludes halogenated alkanes) is 3. The Morgan fingerprint density at radius 1 is 1.00 bits per heavy atom. The molecule has 0 aromatic heterocycles. The molecule has 0 radical (unpaired) electrons. The lowest BCUT2D eigenvalue weighted by Gasteiger charge is -2.10. The third kappa shape index (κ3) is 7.56. The molecule has 3 nitrogen and oxygen atoms in total. The molecule has 0 aliphatic carbocycles. The molecule has 19 heavy (non-hydrogen) atoms. The van der Waals surface area contributed by atoms with Crippen LogP contribution in [0.2, 0.25) is 0 Å². The van der Waals surface area contributed by atoms with Crippen molar-refractivity contribution in [3.05, 3.63) is 24.3 Å². The van der Waals surface area contributed by atoms with E-state index in [-0.39, 0.29) is 12.4 Å². The van der Waals surface area contributed by atoms with E-state index in [2.05, 4.69) is 10.1 Å². The predicted molar refractivity (Wildman–Crippen MR) is 67.2 cm³/mol. The number of aliphatic hydroxyl groups excluding tert-OH is 1. The molecule has 0 atom stereocenters. The average molecular weight is 277 g/mol. The molecule has 0 saturated carbocycles. The minimum absolute atomic E-state index is 0.216. The summed E-state index contributed by atoms with van der Waals surface area (Å²) in [6, 6.07) is 5.66. The Bertz CT molecular complexity index is 352. The second-order valence-electron chi connectivity index (χ2n) is 4.14. The summed E-state index contributed by atoms with van der Waals surface area (Å²) in [5, 5.41) is 11.7. The standard InChI is InChI=1S/C13H18F3NO2/c14-13(15,16)19-12-7-5-11(6-8-12)17-9-3-1-2-4-10-18/h5-8,17-18H,1-4,9-10H2. The fourth-order valence-electron chi connectivity index (χ4n) is 1.60. The molecule has 0 unspecified atom stereocenters. The molecule has 6 heteroatoms. The highest BCUT2D eigenvalue weighted by Gasteiger charge is 2.30. The minimum Gasteiger partial charge on any atom is -0.406 e. The zero-order valence-corrected chi connectivity index (χ0v) is 10.5. The summed E-state index contributed by atoms with van der Waals surface area (Å²) in [6.07, 6.45) is -0.884. The normalized spacial score (nSPS) is 11.4. The zero-order valence-electron chi connectivity index (χ0n) is 10.5. The van der Waals surface area contributed by atoms with Crippen LogP contribution in [-0.4, -0.2) is 24.6 Å². The number of alkyl halides is 3. The summed E-state index contributed by atoms with van der Waals surface area (Å²) in [7, 11) is 0. The van der Waals surface area contributed by atoms with Gasteiger partial charge in [0, 0.05) is 18.8 Å². The SMILES string of the molecule is OCCCCCCNc1ccc(OC(F)(F)F)cc1. The van der Waals surface area contributed by atoms with Gasteiger partial charge in [0.05, 0.1) is 0 Å². The van der Waals surface area contributed by atoms with Crippen molar-refractivity contribution in [2.75, 3.05) is 18.5 Å². The summed E-state index contributed by atoms with van der Waals surface area (Å²) in [4.78, 5) is 0. The van der Waals surface area contributed by atoms with Crippen LogP contribution in [0.3, 0.4) is 0 Å². The van der Waals surface area contributed by atoms with Crippen molar-refractivity contribution < 1.29 is 23.0 Å². The number of nitrogens with one attached hydrogen (secondary N) is 1. The first-order valence-corrected chi connectivity index (χ1v) is 6.22. The van der Waals surface area contributed by atoms with E-state index >= 15 is 0 Å². The van der Waals surface area contributed by atoms with Gasteiger partial charge < -0.3 is 15.2 Å². The maximum Gasteiger partial charge on any atom is 0.573 e. The maximum atomic E-state index is 11.9. The molecule has 0 aliphatic heterocycles. The van der Waals surface area contributed by atoms with E-state index < -0.39 is 6.36 Å². The molecule has 0 heterocycles. The van der Waals surface area contributed by atoms with Crippen LogP contribution in [0.5, 0.6) is 5.75 Å². The lowest BCUT2D eigenvalue weighted by molar-refractivity contribution is -0.274. The highest BCUT2D eigenvalue weighted by atomic mass is 19.4. The molecule has 0 bridgehead atoms. The van der Waals surface area contributed by atoms with E-state index in [0.29, 0.717) is 0 Å². The lowest BCUT2D eigenvalue weighted by Crippen LogP contribution is -2.17. The third-order valence-corrected chi connectivity index (χ3v) is 2.50. The van der Waals surface area contributed by atoms with Gasteiger partial charge >= 0.3 is 6.36 Å². The summed E-state index contributed by atoms with van der Waals surface area (Å²) < 4.78 is 39.6. The van der Waals surface area contributed by atoms with Crippen LogP contribution < -0.4 is 10.1 Å². The van der Waals surface area contributed by atoms with E-state index in [1.165, 1.54) is 12.1 Å². The fraction of sp³-hybridized carbons (Fsp3) is 0.538. The number of anilines is 1. The topological polar surface area (TPSA) is 41.5 Å². The van der Waals surface area contributed by atoms with E-state index in [9.17, 15) is 13.2 Å². The lowest BCUT2D eigenvalue weighted by atomic mass is 10.2. The number of halogens is 3. The van der Waals surface area contributed by atoms with Gasteiger partial charge in [-0.1, -0.05) is 12.8 Å². The van der Waals surface area contributed by atoms with Crippen LogP contribution in [0.15, 0.2) is 24.3 Å². The highest BCUT2D eigenvalue weighted by Crippen LogP contribution is 2.23. The van der Waals surface area contributed by atoms with E-state index in [1.807, 2.05) is 0 Å². The number of aliphatic hydroxyl groups is 1. The van der Waals surface area contributed by atoms with Gasteiger partial charge in [0.1, 0.15) is 5.75 Å². The Balaban J connectivity index is 2.25. The van der Waals surface area contributed by atoms with Gasteiger partial charge in [-0.25, -0.2) is 0 Å². The minimum atomic E-state index is -4.65. The quantitative estimate of drug-likeness (QED) is 0.714. The predicted octanol–water partition coefficient (Wildman–Crippen LogP) is 3.55. The van der Waals surface area contributed by atoms with Crippen LogP contribution >= 0.6 is 0 Å². The van der Waals surface area contributed by atoms with Gasteiger partial charge in [-0.05, 0) is 37.1 Å². The number of ether oxygens (including phenoxy) is 1. The van der Waals surface area contributed by atoms with Gasteiger partial charge in [-0.15, -0.1) is 13.2 Å². The summed E-state index contributed by atoms with van der Waals surface area (Å²) in [5.41, 5.74) is 0.761. The molecule has 108 valence electrons. The number of benzene rings is 1. The second kappa shape index (κ2) is 7.89. The van der Waals surface area contributed by atoms with E-state index in [4.69, 9.17) is 5.11 Å². The molecule has 0 saturated heterocycles. The summed E-state index contributed by atoms with van der Waals surface area (Å²) >= 11 is 0. The van der Waals surface area contributed by atoms with Crippen molar-refractivity contribution >= 4 is 5.69 Å². The molecule has 1 aromatic carbocycles. The Hall–Kier alpha value is -1.43. The molecular formula is C13H18F3NO2. The van der Waals surface area contributed by atoms with Crippen LogP contribution in [0, 0.1) is 0 Å². The van der Waals surface area contributed by atoms with Crippen molar-refractivity contribution in [3.63, 3.8) is 0 Å². The Kier molecular flexibility index (Phi) is 6.49. The van der Waals surface area contributed by atoms with Crippen molar-refractivity contribution in [3.8, 4) is 5.75 Å². The van der Waals surface area contributed by atoms with Crippen molar-refractivity contribution in [1.29, 1.82) is 0 Å². The van der Waals surface area contributed by atoms with E-state index in [1.54, 1.807) is 12.1 Å². The summed E-state index contributed by atoms with van der Waals surface area (Å²) in [6.45, 7) is 0.971. The molecule has 0 spiro atoms. The first-order valence-electron chi connectivity index (χ1n) is 6.22. The van der Waals surface area contributed by atoms with Crippen LogP contribution in [-0.2, 0) is 0 Å². The Morgan fingerprint density at radius 3 is 2.21 bits per heavy atom. The fourth-order valence-corrected chi connectivity index (χ4v) is 1.60. The van der Waals surface area contributed by atoms with Crippen molar-refractivity contribution in [1.82, 2.24) is 0 Å². The van der Waals surface area contributed by atoms with Gasteiger partial charge in [-0.2, -0.15) is 0 Å². The monoisotopic (exact) mass is 277 g/mol. The first kappa shape index (κ1) is 15.6. The molecule has 2 N–H and O–H groups in total. The Labute approximate surface area is 110 Å². The molecule has 0 fully saturated rings. The number of hydrogen-bond donors (Lipinski definition) is 2. The molecule has 1 rings (SSSR count). The summed E-state index contributed by atoms with van der Waals surface area (Å²) in [5.74, 6) is -0.221.